The van der Waals surface area contributed by atoms with Gasteiger partial charge in [0.15, 0.2) is 11.6 Å². The number of para-hydroxylation sites is 1. The van der Waals surface area contributed by atoms with Gasteiger partial charge in [-0.05, 0) is 24.3 Å². The zero-order chi connectivity index (χ0) is 15.4. The molecule has 0 saturated heterocycles. The minimum absolute atomic E-state index is 0.276. The summed E-state index contributed by atoms with van der Waals surface area (Å²) in [7, 11) is 0. The van der Waals surface area contributed by atoms with Crippen LogP contribution in [0.4, 0.5) is 10.1 Å². The first-order valence-corrected chi connectivity index (χ1v) is 7.78. The molecule has 2 aromatic carbocycles. The Morgan fingerprint density at radius 1 is 1.09 bits per heavy atom. The molecule has 3 rings (SSSR count). The molecule has 0 aliphatic rings. The number of halogens is 1. The fraction of sp³-hybridized carbons (Fsp3) is 0.118. The van der Waals surface area contributed by atoms with E-state index in [-0.39, 0.29) is 11.6 Å². The fourth-order valence-electron chi connectivity index (χ4n) is 2.02. The van der Waals surface area contributed by atoms with Crippen LogP contribution in [0.2, 0.25) is 0 Å². The summed E-state index contributed by atoms with van der Waals surface area (Å²) in [6.45, 7) is 0.398. The minimum atomic E-state index is -0.343. The predicted octanol–water partition coefficient (Wildman–Crippen LogP) is 4.15. The second-order valence-corrected chi connectivity index (χ2v) is 5.72. The summed E-state index contributed by atoms with van der Waals surface area (Å²) in [5.74, 6) is -0.0676. The van der Waals surface area contributed by atoms with E-state index in [1.165, 1.54) is 6.07 Å². The Morgan fingerprint density at radius 3 is 2.64 bits per heavy atom. The molecule has 3 nitrogen and oxygen atoms in total. The van der Waals surface area contributed by atoms with Gasteiger partial charge in [0.05, 0.1) is 17.3 Å². The van der Waals surface area contributed by atoms with E-state index >= 15 is 0 Å². The predicted molar refractivity (Wildman–Crippen MR) is 87.6 cm³/mol. The van der Waals surface area contributed by atoms with E-state index < -0.39 is 0 Å². The van der Waals surface area contributed by atoms with Crippen LogP contribution in [0, 0.1) is 5.82 Å². The number of nitrogen functional groups attached to an aromatic ring is 1. The summed E-state index contributed by atoms with van der Waals surface area (Å²) < 4.78 is 18.9. The molecule has 22 heavy (non-hydrogen) atoms. The minimum Gasteiger partial charge on any atom is -0.490 e. The van der Waals surface area contributed by atoms with Crippen molar-refractivity contribution in [3.63, 3.8) is 0 Å². The highest BCUT2D eigenvalue weighted by Gasteiger charge is 2.06. The van der Waals surface area contributed by atoms with Crippen molar-refractivity contribution in [1.82, 2.24) is 4.98 Å². The number of ether oxygens (including phenoxy) is 1. The first-order chi connectivity index (χ1) is 10.7. The van der Waals surface area contributed by atoms with Gasteiger partial charge in [-0.1, -0.05) is 24.3 Å². The second-order valence-electron chi connectivity index (χ2n) is 4.78. The number of rotatable bonds is 5. The molecule has 0 radical (unpaired) electrons. The molecule has 2 N–H and O–H groups in total. The molecular formula is C17H15FN2OS. The molecule has 0 aliphatic carbocycles. The number of nitrogens with zero attached hydrogens (tertiary/aromatic N) is 1. The van der Waals surface area contributed by atoms with E-state index in [2.05, 4.69) is 4.98 Å². The average molecular weight is 314 g/mol. The number of aromatic nitrogens is 1. The lowest BCUT2D eigenvalue weighted by Crippen LogP contribution is -2.02. The molecule has 0 aliphatic heterocycles. The summed E-state index contributed by atoms with van der Waals surface area (Å²) in [6.07, 6.45) is 0.647. The molecule has 0 bridgehead atoms. The lowest BCUT2D eigenvalue weighted by Gasteiger charge is -2.05. The summed E-state index contributed by atoms with van der Waals surface area (Å²) in [4.78, 5) is 4.57. The third-order valence-electron chi connectivity index (χ3n) is 3.17. The number of anilines is 1. The zero-order valence-corrected chi connectivity index (χ0v) is 12.6. The molecule has 5 heteroatoms. The Balaban J connectivity index is 1.60. The molecule has 112 valence electrons. The maximum absolute atomic E-state index is 13.4. The highest BCUT2D eigenvalue weighted by molar-refractivity contribution is 7.09. The molecule has 0 amide bonds. The highest BCUT2D eigenvalue weighted by Crippen LogP contribution is 2.23. The van der Waals surface area contributed by atoms with Gasteiger partial charge in [0, 0.05) is 23.1 Å². The van der Waals surface area contributed by atoms with E-state index in [1.807, 2.05) is 29.6 Å². The molecule has 0 saturated carbocycles. The van der Waals surface area contributed by atoms with Gasteiger partial charge in [-0.25, -0.2) is 9.37 Å². The van der Waals surface area contributed by atoms with E-state index in [9.17, 15) is 4.39 Å². The third kappa shape index (κ3) is 3.43. The van der Waals surface area contributed by atoms with Crippen LogP contribution >= 0.6 is 11.3 Å². The normalized spacial score (nSPS) is 10.6. The van der Waals surface area contributed by atoms with Gasteiger partial charge in [-0.2, -0.15) is 0 Å². The van der Waals surface area contributed by atoms with Gasteiger partial charge < -0.3 is 10.5 Å². The second kappa shape index (κ2) is 6.58. The van der Waals surface area contributed by atoms with Gasteiger partial charge in [0.25, 0.3) is 0 Å². The summed E-state index contributed by atoms with van der Waals surface area (Å²) >= 11 is 1.57. The molecule has 3 aromatic rings. The Hall–Kier alpha value is -2.40. The quantitative estimate of drug-likeness (QED) is 0.720. The van der Waals surface area contributed by atoms with Gasteiger partial charge in [0.1, 0.15) is 0 Å². The SMILES string of the molecule is Nc1ccc(-c2csc(CCOc3ccccc3F)n2)cc1. The summed E-state index contributed by atoms with van der Waals surface area (Å²) in [5.41, 5.74) is 8.37. The van der Waals surface area contributed by atoms with Crippen LogP contribution in [0.3, 0.4) is 0 Å². The lowest BCUT2D eigenvalue weighted by molar-refractivity contribution is 0.305. The van der Waals surface area contributed by atoms with Crippen LogP contribution in [-0.2, 0) is 6.42 Å². The molecule has 1 heterocycles. The van der Waals surface area contributed by atoms with Crippen molar-refractivity contribution in [1.29, 1.82) is 0 Å². The number of hydrogen-bond donors (Lipinski definition) is 1. The highest BCUT2D eigenvalue weighted by atomic mass is 32.1. The number of thiazole rings is 1. The molecule has 0 fully saturated rings. The van der Waals surface area contributed by atoms with Crippen molar-refractivity contribution >= 4 is 17.0 Å². The maximum Gasteiger partial charge on any atom is 0.165 e. The van der Waals surface area contributed by atoms with Crippen LogP contribution in [0.15, 0.2) is 53.9 Å². The summed E-state index contributed by atoms with van der Waals surface area (Å²) in [5, 5.41) is 2.97. The smallest absolute Gasteiger partial charge is 0.165 e. The number of benzene rings is 2. The van der Waals surface area contributed by atoms with Crippen molar-refractivity contribution in [2.24, 2.45) is 0 Å². The number of hydrogen-bond acceptors (Lipinski definition) is 4. The maximum atomic E-state index is 13.4. The molecule has 0 atom stereocenters. The molecule has 0 spiro atoms. The van der Waals surface area contributed by atoms with Crippen molar-refractivity contribution in [2.45, 2.75) is 6.42 Å². The fourth-order valence-corrected chi connectivity index (χ4v) is 2.81. The van der Waals surface area contributed by atoms with Gasteiger partial charge in [-0.3, -0.25) is 0 Å². The largest absolute Gasteiger partial charge is 0.490 e. The third-order valence-corrected chi connectivity index (χ3v) is 4.08. The Kier molecular flexibility index (Phi) is 4.34. The average Bonchev–Trinajstić information content (AvgIpc) is 2.99. The van der Waals surface area contributed by atoms with Crippen molar-refractivity contribution in [3.8, 4) is 17.0 Å². The van der Waals surface area contributed by atoms with Crippen molar-refractivity contribution < 1.29 is 9.13 Å². The van der Waals surface area contributed by atoms with Crippen LogP contribution in [0.25, 0.3) is 11.3 Å². The van der Waals surface area contributed by atoms with E-state index in [0.29, 0.717) is 13.0 Å². The Bertz CT molecular complexity index is 755. The van der Waals surface area contributed by atoms with Crippen LogP contribution in [-0.4, -0.2) is 11.6 Å². The molecular weight excluding hydrogens is 299 g/mol. The standard InChI is InChI=1S/C17H15FN2OS/c18-14-3-1-2-4-16(14)21-10-9-17-20-15(11-22-17)12-5-7-13(19)8-6-12/h1-8,11H,9-10,19H2. The van der Waals surface area contributed by atoms with Crippen LogP contribution in [0.1, 0.15) is 5.01 Å². The monoisotopic (exact) mass is 314 g/mol. The Labute approximate surface area is 132 Å². The topological polar surface area (TPSA) is 48.1 Å². The van der Waals surface area contributed by atoms with Crippen molar-refractivity contribution in [3.05, 3.63) is 64.7 Å². The van der Waals surface area contributed by atoms with E-state index in [1.54, 1.807) is 29.5 Å². The summed E-state index contributed by atoms with van der Waals surface area (Å²) in [6, 6.07) is 14.0. The van der Waals surface area contributed by atoms with Crippen LogP contribution < -0.4 is 10.5 Å². The first-order valence-electron chi connectivity index (χ1n) is 6.90. The van der Waals surface area contributed by atoms with Gasteiger partial charge in [0.2, 0.25) is 0 Å². The van der Waals surface area contributed by atoms with Crippen LogP contribution in [0.5, 0.6) is 5.75 Å². The zero-order valence-electron chi connectivity index (χ0n) is 11.8. The van der Waals surface area contributed by atoms with Gasteiger partial charge in [-0.15, -0.1) is 11.3 Å². The first kappa shape index (κ1) is 14.5. The van der Waals surface area contributed by atoms with E-state index in [0.717, 1.165) is 22.0 Å². The van der Waals surface area contributed by atoms with Crippen molar-refractivity contribution in [2.75, 3.05) is 12.3 Å². The van der Waals surface area contributed by atoms with E-state index in [4.69, 9.17) is 10.5 Å². The Morgan fingerprint density at radius 2 is 1.86 bits per heavy atom. The number of nitrogens with two attached hydrogens (primary N) is 1. The molecule has 0 unspecified atom stereocenters. The lowest BCUT2D eigenvalue weighted by atomic mass is 10.1. The molecule has 1 aromatic heterocycles. The van der Waals surface area contributed by atoms with Gasteiger partial charge >= 0.3 is 0 Å².